The van der Waals surface area contributed by atoms with Gasteiger partial charge >= 0.3 is 11.7 Å². The molecule has 26 heavy (non-hydrogen) atoms. The van der Waals surface area contributed by atoms with Gasteiger partial charge in [0.05, 0.1) is 11.5 Å². The first-order valence-electron chi connectivity index (χ1n) is 8.74. The topological polar surface area (TPSA) is 108 Å². The molecule has 8 nitrogen and oxygen atoms in total. The largest absolute Gasteiger partial charge is 0.618 e. The van der Waals surface area contributed by atoms with Crippen LogP contribution in [0.5, 0.6) is 0 Å². The van der Waals surface area contributed by atoms with E-state index < -0.39 is 28.3 Å². The molecule has 9 heteroatoms. The van der Waals surface area contributed by atoms with Gasteiger partial charge in [-0.25, -0.2) is 13.2 Å². The Balaban J connectivity index is 1.68. The second-order valence-corrected chi connectivity index (χ2v) is 9.01. The van der Waals surface area contributed by atoms with Crippen LogP contribution in [0.25, 0.3) is 0 Å². The van der Waals surface area contributed by atoms with E-state index in [0.717, 1.165) is 25.7 Å². The summed E-state index contributed by atoms with van der Waals surface area (Å²) < 4.78 is 29.0. The van der Waals surface area contributed by atoms with E-state index in [-0.39, 0.29) is 29.3 Å². The first kappa shape index (κ1) is 18.6. The Bertz CT molecular complexity index is 788. The Morgan fingerprint density at radius 2 is 1.92 bits per heavy atom. The summed E-state index contributed by atoms with van der Waals surface area (Å²) >= 11 is 0. The number of rotatable bonds is 5. The Hall–Kier alpha value is -2.16. The predicted molar refractivity (Wildman–Crippen MR) is 91.8 cm³/mol. The fraction of sp³-hybridized carbons (Fsp3) is 0.588. The lowest BCUT2D eigenvalue weighted by Crippen LogP contribution is -2.48. The number of ether oxygens (including phenoxy) is 1. The number of sulfone groups is 1. The summed E-state index contributed by atoms with van der Waals surface area (Å²) in [6, 6.07) is 3.95. The van der Waals surface area contributed by atoms with Gasteiger partial charge in [-0.1, -0.05) is 12.8 Å². The van der Waals surface area contributed by atoms with Crippen molar-refractivity contribution in [2.45, 2.75) is 44.2 Å². The molecule has 0 unspecified atom stereocenters. The number of hydrogen-bond acceptors (Lipinski definition) is 6. The molecule has 1 saturated carbocycles. The summed E-state index contributed by atoms with van der Waals surface area (Å²) in [7, 11) is -3.13. The fourth-order valence-electron chi connectivity index (χ4n) is 3.74. The Kier molecular flexibility index (Phi) is 5.45. The summed E-state index contributed by atoms with van der Waals surface area (Å²) in [6.07, 6.45) is 5.23. The van der Waals surface area contributed by atoms with Gasteiger partial charge in [0.15, 0.2) is 22.6 Å². The second-order valence-electron chi connectivity index (χ2n) is 6.78. The van der Waals surface area contributed by atoms with Crippen molar-refractivity contribution in [3.05, 3.63) is 35.3 Å². The van der Waals surface area contributed by atoms with Crippen molar-refractivity contribution in [3.8, 4) is 0 Å². The molecule has 1 aliphatic heterocycles. The lowest BCUT2D eigenvalue weighted by molar-refractivity contribution is -0.608. The number of pyridine rings is 1. The highest BCUT2D eigenvalue weighted by atomic mass is 32.2. The van der Waals surface area contributed by atoms with Gasteiger partial charge in [-0.05, 0) is 25.3 Å². The molecule has 0 bridgehead atoms. The first-order valence-corrected chi connectivity index (χ1v) is 10.6. The van der Waals surface area contributed by atoms with Crippen molar-refractivity contribution in [1.29, 1.82) is 0 Å². The number of hydrogen-bond donors (Lipinski definition) is 0. The Morgan fingerprint density at radius 3 is 2.54 bits per heavy atom. The molecule has 0 radical (unpaired) electrons. The van der Waals surface area contributed by atoms with E-state index in [9.17, 15) is 23.2 Å². The molecule has 2 aliphatic rings. The molecular formula is C17H22N2O6S. The van der Waals surface area contributed by atoms with Gasteiger partial charge in [-0.15, -0.1) is 0 Å². The predicted octanol–water partition coefficient (Wildman–Crippen LogP) is 0.435. The van der Waals surface area contributed by atoms with Gasteiger partial charge in [0.25, 0.3) is 5.91 Å². The van der Waals surface area contributed by atoms with E-state index in [1.807, 2.05) is 0 Å². The molecule has 1 amide bonds. The van der Waals surface area contributed by atoms with Gasteiger partial charge in [-0.3, -0.25) is 4.79 Å². The second kappa shape index (κ2) is 7.61. The van der Waals surface area contributed by atoms with E-state index in [1.165, 1.54) is 24.4 Å². The minimum absolute atomic E-state index is 0.0133. The minimum Gasteiger partial charge on any atom is -0.618 e. The average molecular weight is 382 g/mol. The van der Waals surface area contributed by atoms with E-state index >= 15 is 0 Å². The minimum atomic E-state index is -3.13. The van der Waals surface area contributed by atoms with Crippen molar-refractivity contribution in [3.63, 3.8) is 0 Å². The highest BCUT2D eigenvalue weighted by molar-refractivity contribution is 7.91. The van der Waals surface area contributed by atoms with Crippen molar-refractivity contribution >= 4 is 21.7 Å². The van der Waals surface area contributed by atoms with Crippen LogP contribution in [0, 0.1) is 5.21 Å². The molecule has 1 aromatic heterocycles. The van der Waals surface area contributed by atoms with E-state index in [2.05, 4.69) is 0 Å². The lowest BCUT2D eigenvalue weighted by atomic mass is 10.1. The molecule has 0 aromatic carbocycles. The van der Waals surface area contributed by atoms with Crippen LogP contribution in [0.2, 0.25) is 0 Å². The molecule has 1 atom stereocenters. The molecule has 0 N–H and O–H groups in total. The molecule has 142 valence electrons. The van der Waals surface area contributed by atoms with Crippen LogP contribution in [0.4, 0.5) is 0 Å². The number of amides is 1. The van der Waals surface area contributed by atoms with Crippen LogP contribution >= 0.6 is 0 Å². The highest BCUT2D eigenvalue weighted by Gasteiger charge is 2.39. The maximum atomic E-state index is 12.7. The van der Waals surface area contributed by atoms with Crippen LogP contribution in [-0.2, 0) is 19.4 Å². The van der Waals surface area contributed by atoms with E-state index in [0.29, 0.717) is 11.2 Å². The van der Waals surface area contributed by atoms with Crippen LogP contribution in [-0.4, -0.2) is 55.4 Å². The van der Waals surface area contributed by atoms with Gasteiger partial charge in [-0.2, -0.15) is 4.73 Å². The number of carbonyl (C=O) groups is 2. The summed E-state index contributed by atoms with van der Waals surface area (Å²) in [4.78, 5) is 26.4. The number of carbonyl (C=O) groups excluding carboxylic acids is 2. The lowest BCUT2D eigenvalue weighted by Gasteiger charge is -2.33. The molecule has 1 aromatic rings. The zero-order valence-corrected chi connectivity index (χ0v) is 15.2. The first-order chi connectivity index (χ1) is 12.4. The normalized spacial score (nSPS) is 22.2. The molecule has 1 saturated heterocycles. The summed E-state index contributed by atoms with van der Waals surface area (Å²) in [5, 5.41) is 11.6. The SMILES string of the molecule is O=C(OCC(=O)N(C1CCCC1)[C@H]1CCS(=O)(=O)C1)c1cccc[n+]1[O-]. The molecule has 2 heterocycles. The molecule has 3 rings (SSSR count). The Morgan fingerprint density at radius 1 is 1.19 bits per heavy atom. The van der Waals surface area contributed by atoms with Gasteiger partial charge < -0.3 is 14.8 Å². The summed E-state index contributed by atoms with van der Waals surface area (Å²) in [5.74, 6) is -1.24. The zero-order chi connectivity index (χ0) is 18.7. The monoisotopic (exact) mass is 382 g/mol. The van der Waals surface area contributed by atoms with Gasteiger partial charge in [0.1, 0.15) is 0 Å². The maximum Gasteiger partial charge on any atom is 0.405 e. The number of nitrogens with zero attached hydrogens (tertiary/aromatic N) is 2. The molecular weight excluding hydrogens is 360 g/mol. The zero-order valence-electron chi connectivity index (χ0n) is 14.4. The average Bonchev–Trinajstić information content (AvgIpc) is 3.23. The Labute approximate surface area is 152 Å². The molecule has 2 fully saturated rings. The number of esters is 1. The van der Waals surface area contributed by atoms with Crippen molar-refractivity contribution < 1.29 is 27.5 Å². The van der Waals surface area contributed by atoms with Crippen molar-refractivity contribution in [2.75, 3.05) is 18.1 Å². The van der Waals surface area contributed by atoms with Gasteiger partial charge in [0.2, 0.25) is 0 Å². The third-order valence-electron chi connectivity index (χ3n) is 4.97. The van der Waals surface area contributed by atoms with Crippen LogP contribution in [0.3, 0.4) is 0 Å². The third-order valence-corrected chi connectivity index (χ3v) is 6.72. The summed E-state index contributed by atoms with van der Waals surface area (Å²) in [6.45, 7) is -0.499. The standard InChI is InChI=1S/C17H22N2O6S/c20-16(11-25-17(21)15-7-3-4-9-18(15)22)19(13-5-1-2-6-13)14-8-10-26(23,24)12-14/h3-4,7,9,13-14H,1-2,5-6,8,10-12H2/t14-/m0/s1. The fourth-order valence-corrected chi connectivity index (χ4v) is 5.46. The van der Waals surface area contributed by atoms with Crippen molar-refractivity contribution in [1.82, 2.24) is 4.90 Å². The summed E-state index contributed by atoms with van der Waals surface area (Å²) in [5.41, 5.74) is -0.198. The van der Waals surface area contributed by atoms with Crippen LogP contribution < -0.4 is 4.73 Å². The van der Waals surface area contributed by atoms with E-state index in [4.69, 9.17) is 4.74 Å². The highest BCUT2D eigenvalue weighted by Crippen LogP contribution is 2.29. The number of aromatic nitrogens is 1. The van der Waals surface area contributed by atoms with Crippen LogP contribution in [0.15, 0.2) is 24.4 Å². The molecule has 1 aliphatic carbocycles. The maximum absolute atomic E-state index is 12.7. The van der Waals surface area contributed by atoms with Crippen LogP contribution in [0.1, 0.15) is 42.6 Å². The smallest absolute Gasteiger partial charge is 0.405 e. The van der Waals surface area contributed by atoms with E-state index in [1.54, 1.807) is 4.90 Å². The third kappa shape index (κ3) is 4.14. The quantitative estimate of drug-likeness (QED) is 0.415. The van der Waals surface area contributed by atoms with Crippen molar-refractivity contribution in [2.24, 2.45) is 0 Å². The molecule has 0 spiro atoms. The van der Waals surface area contributed by atoms with Gasteiger partial charge in [0, 0.05) is 24.2 Å².